The van der Waals surface area contributed by atoms with Gasteiger partial charge in [-0.2, -0.15) is 0 Å². The van der Waals surface area contributed by atoms with Crippen LogP contribution >= 0.6 is 0 Å². The van der Waals surface area contributed by atoms with Gasteiger partial charge >= 0.3 is 0 Å². The number of benzene rings is 2. The molecule has 0 heterocycles. The van der Waals surface area contributed by atoms with Gasteiger partial charge in [0.2, 0.25) is 11.8 Å². The lowest BCUT2D eigenvalue weighted by atomic mass is 10.0. The van der Waals surface area contributed by atoms with Crippen molar-refractivity contribution in [2.45, 2.75) is 32.6 Å². The highest BCUT2D eigenvalue weighted by atomic mass is 16.2. The van der Waals surface area contributed by atoms with Gasteiger partial charge in [0.05, 0.1) is 6.42 Å². The normalized spacial score (nSPS) is 12.6. The number of carbonyl (C=O) groups is 2. The van der Waals surface area contributed by atoms with E-state index in [9.17, 15) is 9.59 Å². The Morgan fingerprint density at radius 3 is 2.48 bits per heavy atom. The summed E-state index contributed by atoms with van der Waals surface area (Å²) < 4.78 is 0. The molecular formula is C19H20N2O2. The lowest BCUT2D eigenvalue weighted by Crippen LogP contribution is -2.15. The summed E-state index contributed by atoms with van der Waals surface area (Å²) in [5.41, 5.74) is 5.19. The Labute approximate surface area is 135 Å². The molecule has 118 valence electrons. The molecule has 1 aliphatic rings. The van der Waals surface area contributed by atoms with Crippen LogP contribution in [-0.2, 0) is 28.9 Å². The molecule has 0 unspecified atom stereocenters. The largest absolute Gasteiger partial charge is 0.326 e. The molecule has 2 aromatic rings. The average Bonchev–Trinajstić information content (AvgIpc) is 2.94. The average molecular weight is 308 g/mol. The molecule has 0 atom stereocenters. The number of hydrogen-bond acceptors (Lipinski definition) is 2. The summed E-state index contributed by atoms with van der Waals surface area (Å²) in [4.78, 5) is 23.3. The first kappa shape index (κ1) is 15.3. The second-order valence-electron chi connectivity index (χ2n) is 5.94. The van der Waals surface area contributed by atoms with Crippen LogP contribution in [0.2, 0.25) is 0 Å². The van der Waals surface area contributed by atoms with E-state index in [1.807, 2.05) is 12.1 Å². The number of hydrogen-bond donors (Lipinski definition) is 2. The van der Waals surface area contributed by atoms with Crippen molar-refractivity contribution in [3.8, 4) is 0 Å². The van der Waals surface area contributed by atoms with E-state index in [1.165, 1.54) is 24.5 Å². The molecule has 4 heteroatoms. The summed E-state index contributed by atoms with van der Waals surface area (Å²) in [7, 11) is 0. The molecule has 1 aliphatic carbocycles. The molecule has 0 aromatic heterocycles. The third kappa shape index (κ3) is 3.97. The molecule has 0 spiro atoms. The predicted molar refractivity (Wildman–Crippen MR) is 91.5 cm³/mol. The van der Waals surface area contributed by atoms with Crippen molar-refractivity contribution in [3.63, 3.8) is 0 Å². The van der Waals surface area contributed by atoms with Crippen LogP contribution in [0.25, 0.3) is 0 Å². The van der Waals surface area contributed by atoms with Gasteiger partial charge in [0.1, 0.15) is 0 Å². The minimum Gasteiger partial charge on any atom is -0.326 e. The van der Waals surface area contributed by atoms with Crippen LogP contribution < -0.4 is 10.6 Å². The number of carbonyl (C=O) groups excluding carboxylic acids is 2. The first-order valence-corrected chi connectivity index (χ1v) is 7.88. The Balaban J connectivity index is 1.64. The third-order valence-corrected chi connectivity index (χ3v) is 3.99. The number of rotatable bonds is 4. The maximum atomic E-state index is 12.2. The van der Waals surface area contributed by atoms with Gasteiger partial charge in [0.15, 0.2) is 0 Å². The molecule has 2 N–H and O–H groups in total. The fourth-order valence-corrected chi connectivity index (χ4v) is 3.00. The van der Waals surface area contributed by atoms with Gasteiger partial charge in [0.25, 0.3) is 0 Å². The Hall–Kier alpha value is -2.62. The smallest absolute Gasteiger partial charge is 0.228 e. The maximum Gasteiger partial charge on any atom is 0.228 e. The molecule has 2 amide bonds. The summed E-state index contributed by atoms with van der Waals surface area (Å²) in [6, 6.07) is 13.5. The van der Waals surface area contributed by atoms with Gasteiger partial charge in [-0.25, -0.2) is 0 Å². The highest BCUT2D eigenvalue weighted by Gasteiger charge is 2.12. The highest BCUT2D eigenvalue weighted by Crippen LogP contribution is 2.23. The van der Waals surface area contributed by atoms with Gasteiger partial charge in [-0.15, -0.1) is 0 Å². The van der Waals surface area contributed by atoms with E-state index in [0.717, 1.165) is 18.4 Å². The monoisotopic (exact) mass is 308 g/mol. The fourth-order valence-electron chi connectivity index (χ4n) is 3.00. The van der Waals surface area contributed by atoms with Crippen molar-refractivity contribution in [2.24, 2.45) is 0 Å². The van der Waals surface area contributed by atoms with E-state index in [0.29, 0.717) is 17.8 Å². The van der Waals surface area contributed by atoms with Crippen molar-refractivity contribution in [2.75, 3.05) is 10.6 Å². The maximum absolute atomic E-state index is 12.2. The first-order chi connectivity index (χ1) is 11.1. The number of anilines is 2. The number of nitrogens with one attached hydrogen (secondary N) is 2. The summed E-state index contributed by atoms with van der Waals surface area (Å²) in [5.74, 6) is -0.186. The molecule has 0 saturated heterocycles. The van der Waals surface area contributed by atoms with Crippen LogP contribution in [0.4, 0.5) is 11.4 Å². The van der Waals surface area contributed by atoms with Crippen LogP contribution in [0, 0.1) is 0 Å². The molecule has 0 radical (unpaired) electrons. The first-order valence-electron chi connectivity index (χ1n) is 7.88. The van der Waals surface area contributed by atoms with Crippen LogP contribution in [-0.4, -0.2) is 11.8 Å². The summed E-state index contributed by atoms with van der Waals surface area (Å²) in [6.07, 6.45) is 3.83. The van der Waals surface area contributed by atoms with Gasteiger partial charge in [-0.1, -0.05) is 24.3 Å². The van der Waals surface area contributed by atoms with Crippen molar-refractivity contribution < 1.29 is 9.59 Å². The Morgan fingerprint density at radius 2 is 1.70 bits per heavy atom. The zero-order valence-electron chi connectivity index (χ0n) is 13.2. The van der Waals surface area contributed by atoms with Crippen molar-refractivity contribution in [1.82, 2.24) is 0 Å². The minimum atomic E-state index is -0.133. The topological polar surface area (TPSA) is 58.2 Å². The Bertz CT molecular complexity index is 753. The van der Waals surface area contributed by atoms with Gasteiger partial charge < -0.3 is 10.6 Å². The zero-order chi connectivity index (χ0) is 16.2. The third-order valence-electron chi connectivity index (χ3n) is 3.99. The van der Waals surface area contributed by atoms with Gasteiger partial charge in [-0.05, 0) is 54.2 Å². The van der Waals surface area contributed by atoms with Gasteiger partial charge in [-0.3, -0.25) is 9.59 Å². The zero-order valence-corrected chi connectivity index (χ0v) is 13.2. The Morgan fingerprint density at radius 1 is 0.957 bits per heavy atom. The van der Waals surface area contributed by atoms with Crippen molar-refractivity contribution in [1.29, 1.82) is 0 Å². The highest BCUT2D eigenvalue weighted by molar-refractivity contribution is 5.94. The lowest BCUT2D eigenvalue weighted by molar-refractivity contribution is -0.115. The summed E-state index contributed by atoms with van der Waals surface area (Å²) in [6.45, 7) is 1.46. The summed E-state index contributed by atoms with van der Waals surface area (Å²) >= 11 is 0. The number of aryl methyl sites for hydroxylation is 2. The standard InChI is InChI=1S/C19H20N2O2/c1-13(22)20-17-6-3-7-18(12-17)21-19(23)11-14-8-9-15-4-2-5-16(15)10-14/h3,6-10,12H,2,4-5,11H2,1H3,(H,20,22)(H,21,23). The number of fused-ring (bicyclic) bond motifs is 1. The minimum absolute atomic E-state index is 0.0529. The van der Waals surface area contributed by atoms with E-state index in [1.54, 1.807) is 18.2 Å². The summed E-state index contributed by atoms with van der Waals surface area (Å²) in [5, 5.41) is 5.59. The van der Waals surface area contributed by atoms with Crippen LogP contribution in [0.3, 0.4) is 0 Å². The SMILES string of the molecule is CC(=O)Nc1cccc(NC(=O)Cc2ccc3c(c2)CCC3)c1. The molecule has 0 bridgehead atoms. The molecule has 0 aliphatic heterocycles. The molecule has 2 aromatic carbocycles. The van der Waals surface area contributed by atoms with Gasteiger partial charge in [0, 0.05) is 18.3 Å². The van der Waals surface area contributed by atoms with Crippen LogP contribution in [0.15, 0.2) is 42.5 Å². The Kier molecular flexibility index (Phi) is 4.42. The molecule has 4 nitrogen and oxygen atoms in total. The number of amides is 2. The van der Waals surface area contributed by atoms with Crippen LogP contribution in [0.1, 0.15) is 30.0 Å². The second kappa shape index (κ2) is 6.65. The molecule has 23 heavy (non-hydrogen) atoms. The van der Waals surface area contributed by atoms with Crippen molar-refractivity contribution >= 4 is 23.2 Å². The quantitative estimate of drug-likeness (QED) is 0.910. The van der Waals surface area contributed by atoms with E-state index < -0.39 is 0 Å². The molecule has 3 rings (SSSR count). The van der Waals surface area contributed by atoms with Crippen LogP contribution in [0.5, 0.6) is 0 Å². The second-order valence-corrected chi connectivity index (χ2v) is 5.94. The van der Waals surface area contributed by atoms with E-state index in [-0.39, 0.29) is 11.8 Å². The molecule has 0 saturated carbocycles. The fraction of sp³-hybridized carbons (Fsp3) is 0.263. The predicted octanol–water partition coefficient (Wildman–Crippen LogP) is 3.31. The molecular weight excluding hydrogens is 288 g/mol. The molecule has 0 fully saturated rings. The van der Waals surface area contributed by atoms with E-state index in [4.69, 9.17) is 0 Å². The van der Waals surface area contributed by atoms with Crippen molar-refractivity contribution in [3.05, 3.63) is 59.2 Å². The lowest BCUT2D eigenvalue weighted by Gasteiger charge is -2.09. The van der Waals surface area contributed by atoms with E-state index >= 15 is 0 Å². The van der Waals surface area contributed by atoms with E-state index in [2.05, 4.69) is 22.8 Å².